The molecule has 5 rings (SSSR count). The Kier molecular flexibility index (Phi) is 4.57. The third kappa shape index (κ3) is 2.46. The van der Waals surface area contributed by atoms with Crippen LogP contribution in [0.5, 0.6) is 0 Å². The van der Waals surface area contributed by atoms with Gasteiger partial charge >= 0.3 is 5.97 Å². The molecule has 0 unspecified atom stereocenters. The van der Waals surface area contributed by atoms with Crippen LogP contribution in [-0.2, 0) is 28.6 Å². The molecule has 7 atom stereocenters. The van der Waals surface area contributed by atoms with E-state index in [-0.39, 0.29) is 52.7 Å². The molecule has 0 N–H and O–H groups in total. The van der Waals surface area contributed by atoms with Crippen molar-refractivity contribution in [3.8, 4) is 0 Å². The zero-order chi connectivity index (χ0) is 21.3. The number of hydrogen-bond donors (Lipinski definition) is 0. The number of carbonyl (C=O) groups is 3. The molecule has 0 aromatic heterocycles. The van der Waals surface area contributed by atoms with Crippen LogP contribution < -0.4 is 0 Å². The number of hydrogen-bond acceptors (Lipinski definition) is 6. The van der Waals surface area contributed by atoms with Crippen molar-refractivity contribution in [3.05, 3.63) is 11.6 Å². The Morgan fingerprint density at radius 3 is 2.67 bits per heavy atom. The monoisotopic (exact) mass is 416 g/mol. The maximum absolute atomic E-state index is 13.0. The van der Waals surface area contributed by atoms with Crippen molar-refractivity contribution in [1.29, 1.82) is 0 Å². The minimum absolute atomic E-state index is 0.0423. The van der Waals surface area contributed by atoms with Crippen LogP contribution in [0.15, 0.2) is 11.6 Å². The average Bonchev–Trinajstić information content (AvgIpc) is 3.16. The van der Waals surface area contributed by atoms with Gasteiger partial charge in [-0.05, 0) is 62.4 Å². The minimum Gasteiger partial charge on any atom is -0.458 e. The van der Waals surface area contributed by atoms with Gasteiger partial charge in [0.15, 0.2) is 17.9 Å². The molecule has 4 fully saturated rings. The Morgan fingerprint density at radius 1 is 1.13 bits per heavy atom. The molecule has 30 heavy (non-hydrogen) atoms. The molecule has 0 radical (unpaired) electrons. The van der Waals surface area contributed by atoms with Gasteiger partial charge in [0.1, 0.15) is 6.61 Å². The highest BCUT2D eigenvalue weighted by atomic mass is 16.7. The average molecular weight is 417 g/mol. The first-order chi connectivity index (χ1) is 14.3. The fourth-order valence-corrected chi connectivity index (χ4v) is 8.32. The number of ketones is 2. The first-order valence-corrected chi connectivity index (χ1v) is 11.4. The zero-order valence-corrected chi connectivity index (χ0v) is 18.2. The lowest BCUT2D eigenvalue weighted by Crippen LogP contribution is -2.59. The van der Waals surface area contributed by atoms with Crippen molar-refractivity contribution in [1.82, 2.24) is 0 Å². The van der Waals surface area contributed by atoms with E-state index in [1.807, 2.05) is 6.08 Å². The predicted molar refractivity (Wildman–Crippen MR) is 107 cm³/mol. The van der Waals surface area contributed by atoms with Crippen molar-refractivity contribution in [2.45, 2.75) is 77.1 Å². The first kappa shape index (κ1) is 20.4. The summed E-state index contributed by atoms with van der Waals surface area (Å²) < 4.78 is 17.8. The molecule has 6 nitrogen and oxygen atoms in total. The van der Waals surface area contributed by atoms with Crippen molar-refractivity contribution in [3.63, 3.8) is 0 Å². The summed E-state index contributed by atoms with van der Waals surface area (Å²) in [6.07, 6.45) is 8.41. The van der Waals surface area contributed by atoms with Gasteiger partial charge in [-0.25, -0.2) is 0 Å². The molecular weight excluding hydrogens is 384 g/mol. The van der Waals surface area contributed by atoms with E-state index < -0.39 is 5.97 Å². The summed E-state index contributed by atoms with van der Waals surface area (Å²) in [6.45, 7) is 3.46. The number of carbonyl (C=O) groups excluding carboxylic acids is 3. The van der Waals surface area contributed by atoms with Crippen molar-refractivity contribution in [2.75, 3.05) is 13.7 Å². The predicted octanol–water partition coefficient (Wildman–Crippen LogP) is 3.37. The molecule has 0 aromatic carbocycles. The summed E-state index contributed by atoms with van der Waals surface area (Å²) in [5.41, 5.74) is 0.598. The Bertz CT molecular complexity index is 832. The van der Waals surface area contributed by atoms with Gasteiger partial charge in [-0.2, -0.15) is 0 Å². The maximum atomic E-state index is 13.0. The summed E-state index contributed by atoms with van der Waals surface area (Å²) in [7, 11) is 1.72. The molecular formula is C24H32O6. The van der Waals surface area contributed by atoms with Crippen LogP contribution >= 0.6 is 0 Å². The number of rotatable bonds is 4. The van der Waals surface area contributed by atoms with Crippen LogP contribution in [0, 0.1) is 28.6 Å². The Balaban J connectivity index is 1.50. The summed E-state index contributed by atoms with van der Waals surface area (Å²) in [4.78, 5) is 36.3. The number of esters is 1. The third-order valence-electron chi connectivity index (χ3n) is 9.38. The van der Waals surface area contributed by atoms with Crippen LogP contribution in [0.4, 0.5) is 0 Å². The molecule has 2 bridgehead atoms. The van der Waals surface area contributed by atoms with E-state index in [2.05, 4.69) is 6.92 Å². The topological polar surface area (TPSA) is 78.9 Å². The second kappa shape index (κ2) is 6.73. The van der Waals surface area contributed by atoms with E-state index in [0.717, 1.165) is 44.9 Å². The Labute approximate surface area is 177 Å². The highest BCUT2D eigenvalue weighted by molar-refractivity contribution is 5.92. The molecule has 1 heterocycles. The smallest absolute Gasteiger partial charge is 0.303 e. The summed E-state index contributed by atoms with van der Waals surface area (Å²) in [5.74, 6) is 0.383. The third-order valence-corrected chi connectivity index (χ3v) is 9.38. The lowest BCUT2D eigenvalue weighted by Gasteiger charge is -2.58. The normalized spacial score (nSPS) is 46.5. The van der Waals surface area contributed by atoms with Crippen molar-refractivity contribution in [2.24, 2.45) is 28.6 Å². The van der Waals surface area contributed by atoms with Crippen LogP contribution in [-0.4, -0.2) is 43.1 Å². The largest absolute Gasteiger partial charge is 0.458 e. The van der Waals surface area contributed by atoms with Crippen molar-refractivity contribution < 1.29 is 28.6 Å². The van der Waals surface area contributed by atoms with Gasteiger partial charge in [-0.3, -0.25) is 14.4 Å². The molecule has 164 valence electrons. The van der Waals surface area contributed by atoms with Crippen LogP contribution in [0.3, 0.4) is 0 Å². The Morgan fingerprint density at radius 2 is 1.93 bits per heavy atom. The maximum Gasteiger partial charge on any atom is 0.303 e. The number of Topliss-reactive ketones (excluding diaryl/α,β-unsaturated/α-hetero) is 1. The van der Waals surface area contributed by atoms with Gasteiger partial charge in [-0.1, -0.05) is 12.5 Å². The van der Waals surface area contributed by atoms with Crippen LogP contribution in [0.25, 0.3) is 0 Å². The standard InChI is InChI=1S/C24H32O6/c1-14(25)29-13-18(27)17-4-5-19-22(17,2)9-8-20-23-10-7-16(26)12-15(23)6-11-24(19,20)30-21(23)28-3/h12,17,19-21H,4-11,13H2,1-3H3/t17-,19-,20-,21+,22+,23-,24-/m0/s1. The van der Waals surface area contributed by atoms with Gasteiger partial charge < -0.3 is 14.2 Å². The van der Waals surface area contributed by atoms with Crippen molar-refractivity contribution >= 4 is 17.5 Å². The zero-order valence-electron chi connectivity index (χ0n) is 18.2. The lowest BCUT2D eigenvalue weighted by molar-refractivity contribution is -0.209. The van der Waals surface area contributed by atoms with E-state index in [0.29, 0.717) is 12.3 Å². The van der Waals surface area contributed by atoms with Gasteiger partial charge in [0.25, 0.3) is 0 Å². The number of methoxy groups -OCH3 is 1. The van der Waals surface area contributed by atoms with Crippen LogP contribution in [0.2, 0.25) is 0 Å². The molecule has 1 spiro atoms. The quantitative estimate of drug-likeness (QED) is 0.654. The molecule has 0 aromatic rings. The summed E-state index contributed by atoms with van der Waals surface area (Å²) in [6, 6.07) is 0. The molecule has 0 amide bonds. The molecule has 3 saturated carbocycles. The fraction of sp³-hybridized carbons (Fsp3) is 0.792. The highest BCUT2D eigenvalue weighted by Crippen LogP contribution is 2.74. The molecule has 1 saturated heterocycles. The SMILES string of the molecule is CO[C@@H]1O[C@]23CCC4=CC(=O)CC[C@@]41[C@@H]2CC[C@]1(C)[C@H](C(=O)COC(C)=O)CC[C@@H]13. The summed E-state index contributed by atoms with van der Waals surface area (Å²) in [5, 5.41) is 0. The number of fused-ring (bicyclic) bond motifs is 1. The minimum atomic E-state index is -0.409. The van der Waals surface area contributed by atoms with Gasteiger partial charge in [0.05, 0.1) is 5.60 Å². The second-order valence-corrected chi connectivity index (χ2v) is 10.3. The highest BCUT2D eigenvalue weighted by Gasteiger charge is 2.74. The number of ether oxygens (including phenoxy) is 3. The van der Waals surface area contributed by atoms with E-state index in [1.54, 1.807) is 7.11 Å². The molecule has 4 aliphatic carbocycles. The van der Waals surface area contributed by atoms with Gasteiger partial charge in [-0.15, -0.1) is 0 Å². The molecule has 5 aliphatic rings. The van der Waals surface area contributed by atoms with Crippen LogP contribution in [0.1, 0.15) is 65.2 Å². The first-order valence-electron chi connectivity index (χ1n) is 11.4. The van der Waals surface area contributed by atoms with Gasteiger partial charge in [0, 0.05) is 37.7 Å². The fourth-order valence-electron chi connectivity index (χ4n) is 8.32. The molecule has 1 aliphatic heterocycles. The molecule has 6 heteroatoms. The van der Waals surface area contributed by atoms with E-state index >= 15 is 0 Å². The van der Waals surface area contributed by atoms with Gasteiger partial charge in [0.2, 0.25) is 0 Å². The van der Waals surface area contributed by atoms with E-state index in [1.165, 1.54) is 12.5 Å². The van der Waals surface area contributed by atoms with E-state index in [9.17, 15) is 14.4 Å². The second-order valence-electron chi connectivity index (χ2n) is 10.3. The Hall–Kier alpha value is -1.53. The lowest BCUT2D eigenvalue weighted by atomic mass is 9.45. The summed E-state index contributed by atoms with van der Waals surface area (Å²) >= 11 is 0. The van der Waals surface area contributed by atoms with E-state index in [4.69, 9.17) is 14.2 Å².